The molecule has 0 radical (unpaired) electrons. The monoisotopic (exact) mass is 376 g/mol. The topological polar surface area (TPSA) is 71.0 Å². The number of hydrogen-bond acceptors (Lipinski definition) is 5. The molecule has 27 heavy (non-hydrogen) atoms. The molecule has 1 aromatic rings. The third-order valence-corrected chi connectivity index (χ3v) is 5.36. The van der Waals surface area contributed by atoms with Crippen LogP contribution in [0.5, 0.6) is 5.75 Å². The van der Waals surface area contributed by atoms with Gasteiger partial charge in [-0.05, 0) is 50.0 Å². The van der Waals surface area contributed by atoms with Gasteiger partial charge in [0.1, 0.15) is 11.9 Å². The first-order valence-corrected chi connectivity index (χ1v) is 10.2. The highest BCUT2D eigenvalue weighted by molar-refractivity contribution is 5.78. The molecule has 2 heterocycles. The lowest BCUT2D eigenvalue weighted by Crippen LogP contribution is -2.53. The zero-order chi connectivity index (χ0) is 18.9. The molecular weight excluding hydrogens is 344 g/mol. The summed E-state index contributed by atoms with van der Waals surface area (Å²) in [4.78, 5) is 14.9. The van der Waals surface area contributed by atoms with Crippen molar-refractivity contribution in [3.63, 3.8) is 0 Å². The molecule has 6 heteroatoms. The number of aliphatic hydroxyl groups excluding tert-OH is 1. The van der Waals surface area contributed by atoms with Crippen LogP contribution in [0.4, 0.5) is 0 Å². The molecule has 2 atom stereocenters. The van der Waals surface area contributed by atoms with Crippen LogP contribution in [-0.2, 0) is 16.1 Å². The Morgan fingerprint density at radius 3 is 2.56 bits per heavy atom. The predicted molar refractivity (Wildman–Crippen MR) is 104 cm³/mol. The van der Waals surface area contributed by atoms with Crippen LogP contribution in [0.2, 0.25) is 0 Å². The molecule has 2 N–H and O–H groups in total. The van der Waals surface area contributed by atoms with Gasteiger partial charge in [-0.2, -0.15) is 0 Å². The molecule has 2 saturated heterocycles. The third-order valence-electron chi connectivity index (χ3n) is 5.36. The van der Waals surface area contributed by atoms with Gasteiger partial charge in [0, 0.05) is 6.61 Å². The summed E-state index contributed by atoms with van der Waals surface area (Å²) in [7, 11) is 0. The first-order valence-electron chi connectivity index (χ1n) is 10.2. The van der Waals surface area contributed by atoms with Crippen molar-refractivity contribution in [1.82, 2.24) is 10.2 Å². The molecule has 0 bridgehead atoms. The smallest absolute Gasteiger partial charge is 0.234 e. The van der Waals surface area contributed by atoms with E-state index >= 15 is 0 Å². The molecule has 1 amide bonds. The lowest BCUT2D eigenvalue weighted by Gasteiger charge is -2.33. The number of rotatable bonds is 6. The number of hydrogen-bond donors (Lipinski definition) is 2. The average Bonchev–Trinajstić information content (AvgIpc) is 2.66. The Bertz CT molecular complexity index is 570. The van der Waals surface area contributed by atoms with Crippen molar-refractivity contribution in [2.45, 2.75) is 57.3 Å². The number of amides is 1. The first kappa shape index (κ1) is 20.1. The van der Waals surface area contributed by atoms with E-state index in [4.69, 9.17) is 14.6 Å². The largest absolute Gasteiger partial charge is 0.486 e. The van der Waals surface area contributed by atoms with E-state index in [2.05, 4.69) is 10.2 Å². The fraction of sp³-hybridized carbons (Fsp3) is 0.667. The van der Waals surface area contributed by atoms with E-state index in [-0.39, 0.29) is 24.7 Å². The second-order valence-corrected chi connectivity index (χ2v) is 7.54. The van der Waals surface area contributed by atoms with Crippen LogP contribution in [-0.4, -0.2) is 60.9 Å². The van der Waals surface area contributed by atoms with E-state index in [9.17, 15) is 4.79 Å². The van der Waals surface area contributed by atoms with Gasteiger partial charge in [-0.15, -0.1) is 0 Å². The van der Waals surface area contributed by atoms with Crippen molar-refractivity contribution in [1.29, 1.82) is 0 Å². The lowest BCUT2D eigenvalue weighted by atomic mass is 10.1. The summed E-state index contributed by atoms with van der Waals surface area (Å²) in [6.45, 7) is 3.61. The van der Waals surface area contributed by atoms with Crippen LogP contribution in [0.1, 0.15) is 44.1 Å². The van der Waals surface area contributed by atoms with Crippen LogP contribution in [0.15, 0.2) is 24.3 Å². The second-order valence-electron chi connectivity index (χ2n) is 7.54. The van der Waals surface area contributed by atoms with E-state index in [1.807, 2.05) is 24.3 Å². The standard InChI is InChI=1S/C21H32N2O4/c24-15-17-6-8-18(9-7-17)27-20-16-26-13-10-19(20)22-21(25)14-23-11-4-2-1-3-5-12-23/h6-9,19-20,24H,1-5,10-16H2,(H,22,25)/t19-,20-/m1/s1. The van der Waals surface area contributed by atoms with Crippen molar-refractivity contribution < 1.29 is 19.4 Å². The minimum Gasteiger partial charge on any atom is -0.486 e. The van der Waals surface area contributed by atoms with Gasteiger partial charge in [-0.25, -0.2) is 0 Å². The summed E-state index contributed by atoms with van der Waals surface area (Å²) < 4.78 is 11.6. The summed E-state index contributed by atoms with van der Waals surface area (Å²) in [5, 5.41) is 12.3. The van der Waals surface area contributed by atoms with Crippen molar-refractivity contribution in [3.8, 4) is 5.75 Å². The van der Waals surface area contributed by atoms with Gasteiger partial charge >= 0.3 is 0 Å². The Hall–Kier alpha value is -1.63. The fourth-order valence-electron chi connectivity index (χ4n) is 3.77. The van der Waals surface area contributed by atoms with Crippen LogP contribution < -0.4 is 10.1 Å². The van der Waals surface area contributed by atoms with Gasteiger partial charge in [-0.3, -0.25) is 9.69 Å². The van der Waals surface area contributed by atoms with Gasteiger partial charge < -0.3 is 19.9 Å². The van der Waals surface area contributed by atoms with Crippen LogP contribution >= 0.6 is 0 Å². The zero-order valence-corrected chi connectivity index (χ0v) is 16.1. The van der Waals surface area contributed by atoms with Crippen LogP contribution in [0, 0.1) is 0 Å². The fourth-order valence-corrected chi connectivity index (χ4v) is 3.77. The Labute approximate surface area is 161 Å². The maximum Gasteiger partial charge on any atom is 0.234 e. The van der Waals surface area contributed by atoms with E-state index < -0.39 is 0 Å². The molecule has 0 aliphatic carbocycles. The van der Waals surface area contributed by atoms with Crippen LogP contribution in [0.3, 0.4) is 0 Å². The van der Waals surface area contributed by atoms with E-state index in [1.165, 1.54) is 32.1 Å². The predicted octanol–water partition coefficient (Wildman–Crippen LogP) is 2.10. The molecule has 2 aliphatic rings. The SMILES string of the molecule is O=C(CN1CCCCCCC1)N[C@@H]1CCOC[C@H]1Oc1ccc(CO)cc1. The number of nitrogens with one attached hydrogen (secondary N) is 1. The molecule has 3 rings (SSSR count). The molecule has 2 fully saturated rings. The van der Waals surface area contributed by atoms with E-state index in [0.717, 1.165) is 30.8 Å². The summed E-state index contributed by atoms with van der Waals surface area (Å²) in [5.41, 5.74) is 0.848. The molecule has 0 saturated carbocycles. The summed E-state index contributed by atoms with van der Waals surface area (Å²) >= 11 is 0. The molecule has 6 nitrogen and oxygen atoms in total. The first-order chi connectivity index (χ1) is 13.2. The number of ether oxygens (including phenoxy) is 2. The molecule has 0 spiro atoms. The Morgan fingerprint density at radius 1 is 1.15 bits per heavy atom. The van der Waals surface area contributed by atoms with Crippen LogP contribution in [0.25, 0.3) is 0 Å². The average molecular weight is 376 g/mol. The molecular formula is C21H32N2O4. The van der Waals surface area contributed by atoms with Gasteiger partial charge in [0.05, 0.1) is 25.8 Å². The van der Waals surface area contributed by atoms with E-state index in [0.29, 0.717) is 19.8 Å². The summed E-state index contributed by atoms with van der Waals surface area (Å²) in [6, 6.07) is 7.33. The minimum absolute atomic E-state index is 0.0159. The third kappa shape index (κ3) is 6.48. The second kappa shape index (κ2) is 10.6. The highest BCUT2D eigenvalue weighted by Crippen LogP contribution is 2.19. The normalized spacial score (nSPS) is 24.6. The molecule has 0 aromatic heterocycles. The molecule has 150 valence electrons. The van der Waals surface area contributed by atoms with Gasteiger partial charge in [0.15, 0.2) is 0 Å². The summed E-state index contributed by atoms with van der Waals surface area (Å²) in [6.07, 6.45) is 6.77. The number of carbonyl (C=O) groups excluding carboxylic acids is 1. The van der Waals surface area contributed by atoms with Crippen molar-refractivity contribution in [2.75, 3.05) is 32.8 Å². The quantitative estimate of drug-likeness (QED) is 0.796. The van der Waals surface area contributed by atoms with Gasteiger partial charge in [0.25, 0.3) is 0 Å². The molecule has 1 aromatic carbocycles. The highest BCUT2D eigenvalue weighted by Gasteiger charge is 2.29. The van der Waals surface area contributed by atoms with Gasteiger partial charge in [0.2, 0.25) is 5.91 Å². The Balaban J connectivity index is 1.51. The number of aliphatic hydroxyl groups is 1. The van der Waals surface area contributed by atoms with Gasteiger partial charge in [-0.1, -0.05) is 31.4 Å². The van der Waals surface area contributed by atoms with Crippen molar-refractivity contribution in [2.24, 2.45) is 0 Å². The molecule has 0 unspecified atom stereocenters. The maximum atomic E-state index is 12.6. The highest BCUT2D eigenvalue weighted by atomic mass is 16.5. The number of benzene rings is 1. The molecule has 2 aliphatic heterocycles. The zero-order valence-electron chi connectivity index (χ0n) is 16.1. The lowest BCUT2D eigenvalue weighted by molar-refractivity contribution is -0.125. The number of nitrogens with zero attached hydrogens (tertiary/aromatic N) is 1. The van der Waals surface area contributed by atoms with Crippen molar-refractivity contribution in [3.05, 3.63) is 29.8 Å². The summed E-state index contributed by atoms with van der Waals surface area (Å²) in [5.74, 6) is 0.803. The number of carbonyl (C=O) groups is 1. The minimum atomic E-state index is -0.199. The Morgan fingerprint density at radius 2 is 1.85 bits per heavy atom. The van der Waals surface area contributed by atoms with E-state index in [1.54, 1.807) is 0 Å². The van der Waals surface area contributed by atoms with Crippen molar-refractivity contribution >= 4 is 5.91 Å². The maximum absolute atomic E-state index is 12.6. The Kier molecular flexibility index (Phi) is 7.93. The number of likely N-dealkylation sites (tertiary alicyclic amines) is 1.